The molecule has 2 saturated carbocycles. The Labute approximate surface area is 77.7 Å². The van der Waals surface area contributed by atoms with E-state index >= 15 is 0 Å². The van der Waals surface area contributed by atoms with Crippen LogP contribution in [0.4, 0.5) is 0 Å². The molecule has 0 aromatic rings. The first-order chi connectivity index (χ1) is 6.25. The smallest absolute Gasteiger partial charge is 0.321 e. The van der Waals surface area contributed by atoms with Crippen molar-refractivity contribution in [1.82, 2.24) is 4.90 Å². The molecular formula is C10H15NO2. The SMILES string of the molecule is O=C(O)C(C1CC1)N1CC2CC2C1. The van der Waals surface area contributed by atoms with Crippen molar-refractivity contribution in [2.45, 2.75) is 25.3 Å². The van der Waals surface area contributed by atoms with Gasteiger partial charge in [-0.25, -0.2) is 0 Å². The van der Waals surface area contributed by atoms with Crippen LogP contribution < -0.4 is 0 Å². The zero-order valence-corrected chi connectivity index (χ0v) is 7.65. The van der Waals surface area contributed by atoms with Crippen molar-refractivity contribution in [3.05, 3.63) is 0 Å². The Morgan fingerprint density at radius 2 is 1.92 bits per heavy atom. The fraction of sp³-hybridized carbons (Fsp3) is 0.900. The number of aliphatic carboxylic acids is 1. The molecule has 1 heterocycles. The number of rotatable bonds is 3. The molecule has 0 radical (unpaired) electrons. The summed E-state index contributed by atoms with van der Waals surface area (Å²) >= 11 is 0. The molecule has 1 N–H and O–H groups in total. The van der Waals surface area contributed by atoms with Crippen molar-refractivity contribution in [2.75, 3.05) is 13.1 Å². The zero-order valence-electron chi connectivity index (χ0n) is 7.65. The van der Waals surface area contributed by atoms with Crippen molar-refractivity contribution in [2.24, 2.45) is 17.8 Å². The molecule has 0 spiro atoms. The third-order valence-corrected chi connectivity index (χ3v) is 3.72. The summed E-state index contributed by atoms with van der Waals surface area (Å²) in [5, 5.41) is 9.10. The largest absolute Gasteiger partial charge is 0.480 e. The molecule has 3 aliphatic rings. The molecular weight excluding hydrogens is 166 g/mol. The molecule has 0 bridgehead atoms. The van der Waals surface area contributed by atoms with Crippen LogP contribution in [-0.2, 0) is 4.79 Å². The minimum atomic E-state index is -0.594. The summed E-state index contributed by atoms with van der Waals surface area (Å²) in [6.07, 6.45) is 3.61. The van der Waals surface area contributed by atoms with E-state index in [9.17, 15) is 4.79 Å². The van der Waals surface area contributed by atoms with Gasteiger partial charge in [0.1, 0.15) is 6.04 Å². The summed E-state index contributed by atoms with van der Waals surface area (Å²) in [5.41, 5.74) is 0. The van der Waals surface area contributed by atoms with Crippen LogP contribution in [0.5, 0.6) is 0 Å². The number of hydrogen-bond donors (Lipinski definition) is 1. The quantitative estimate of drug-likeness (QED) is 0.700. The van der Waals surface area contributed by atoms with E-state index in [0.717, 1.165) is 37.8 Å². The van der Waals surface area contributed by atoms with E-state index in [-0.39, 0.29) is 6.04 Å². The predicted molar refractivity (Wildman–Crippen MR) is 47.3 cm³/mol. The molecule has 3 nitrogen and oxygen atoms in total. The molecule has 0 aromatic carbocycles. The van der Waals surface area contributed by atoms with Gasteiger partial charge in [-0.15, -0.1) is 0 Å². The van der Waals surface area contributed by atoms with Crippen molar-refractivity contribution < 1.29 is 9.90 Å². The van der Waals surface area contributed by atoms with Crippen LogP contribution in [0, 0.1) is 17.8 Å². The van der Waals surface area contributed by atoms with E-state index in [0.29, 0.717) is 5.92 Å². The summed E-state index contributed by atoms with van der Waals surface area (Å²) in [6.45, 7) is 2.11. The fourth-order valence-electron chi connectivity index (χ4n) is 2.73. The molecule has 3 heteroatoms. The van der Waals surface area contributed by atoms with Crippen LogP contribution >= 0.6 is 0 Å². The van der Waals surface area contributed by atoms with Gasteiger partial charge >= 0.3 is 5.97 Å². The maximum atomic E-state index is 11.0. The molecule has 2 aliphatic carbocycles. The lowest BCUT2D eigenvalue weighted by atomic mass is 10.1. The van der Waals surface area contributed by atoms with Gasteiger partial charge in [-0.2, -0.15) is 0 Å². The lowest BCUT2D eigenvalue weighted by Gasteiger charge is -2.25. The Hall–Kier alpha value is -0.570. The first-order valence-electron chi connectivity index (χ1n) is 5.22. The Morgan fingerprint density at radius 1 is 1.31 bits per heavy atom. The molecule has 72 valence electrons. The van der Waals surface area contributed by atoms with Crippen LogP contribution in [0.1, 0.15) is 19.3 Å². The van der Waals surface area contributed by atoms with E-state index < -0.39 is 5.97 Å². The lowest BCUT2D eigenvalue weighted by molar-refractivity contribution is -0.143. The van der Waals surface area contributed by atoms with Gasteiger partial charge in [0.15, 0.2) is 0 Å². The number of hydrogen-bond acceptors (Lipinski definition) is 2. The highest BCUT2D eigenvalue weighted by Gasteiger charge is 2.51. The first-order valence-corrected chi connectivity index (χ1v) is 5.22. The average Bonchev–Trinajstić information content (AvgIpc) is 2.94. The summed E-state index contributed by atoms with van der Waals surface area (Å²) in [7, 11) is 0. The highest BCUT2D eigenvalue weighted by atomic mass is 16.4. The van der Waals surface area contributed by atoms with E-state index in [1.165, 1.54) is 6.42 Å². The van der Waals surface area contributed by atoms with Crippen LogP contribution in [-0.4, -0.2) is 35.1 Å². The van der Waals surface area contributed by atoms with Crippen molar-refractivity contribution in [3.8, 4) is 0 Å². The molecule has 0 amide bonds. The summed E-state index contributed by atoms with van der Waals surface area (Å²) in [4.78, 5) is 13.3. The maximum absolute atomic E-state index is 11.0. The van der Waals surface area contributed by atoms with Gasteiger partial charge in [0, 0.05) is 13.1 Å². The van der Waals surface area contributed by atoms with E-state index in [1.54, 1.807) is 0 Å². The van der Waals surface area contributed by atoms with Crippen molar-refractivity contribution >= 4 is 5.97 Å². The third-order valence-electron chi connectivity index (χ3n) is 3.72. The van der Waals surface area contributed by atoms with Gasteiger partial charge in [-0.05, 0) is 37.0 Å². The number of nitrogens with zero attached hydrogens (tertiary/aromatic N) is 1. The van der Waals surface area contributed by atoms with Crippen molar-refractivity contribution in [1.29, 1.82) is 0 Å². The number of fused-ring (bicyclic) bond motifs is 1. The highest BCUT2D eigenvalue weighted by molar-refractivity contribution is 5.74. The van der Waals surface area contributed by atoms with Gasteiger partial charge in [-0.3, -0.25) is 9.69 Å². The Morgan fingerprint density at radius 3 is 2.38 bits per heavy atom. The maximum Gasteiger partial charge on any atom is 0.321 e. The number of piperidine rings is 1. The topological polar surface area (TPSA) is 40.5 Å². The Balaban J connectivity index is 1.69. The minimum absolute atomic E-state index is 0.146. The third kappa shape index (κ3) is 1.26. The second-order valence-electron chi connectivity index (χ2n) is 4.83. The second-order valence-corrected chi connectivity index (χ2v) is 4.83. The van der Waals surface area contributed by atoms with E-state index in [1.807, 2.05) is 0 Å². The second kappa shape index (κ2) is 2.47. The molecule has 0 aromatic heterocycles. The summed E-state index contributed by atoms with van der Waals surface area (Å²) in [6, 6.07) is -0.146. The standard InChI is InChI=1S/C10H15NO2/c12-10(13)9(6-1-2-6)11-4-7-3-8(7)5-11/h6-9H,1-5H2,(H,12,13). The molecule has 1 aliphatic heterocycles. The van der Waals surface area contributed by atoms with Gasteiger partial charge in [0.25, 0.3) is 0 Å². The fourth-order valence-corrected chi connectivity index (χ4v) is 2.73. The predicted octanol–water partition coefficient (Wildman–Crippen LogP) is 0.801. The summed E-state index contributed by atoms with van der Waals surface area (Å²) < 4.78 is 0. The lowest BCUT2D eigenvalue weighted by Crippen LogP contribution is -2.42. The molecule has 3 rings (SSSR count). The molecule has 3 atom stereocenters. The summed E-state index contributed by atoms with van der Waals surface area (Å²) in [5.74, 6) is 1.57. The van der Waals surface area contributed by atoms with Gasteiger partial charge in [0.2, 0.25) is 0 Å². The Kier molecular flexibility index (Phi) is 1.48. The number of carboxylic acid groups (broad SMARTS) is 1. The average molecular weight is 181 g/mol. The van der Waals surface area contributed by atoms with Crippen LogP contribution in [0.3, 0.4) is 0 Å². The van der Waals surface area contributed by atoms with E-state index in [4.69, 9.17) is 5.11 Å². The number of likely N-dealkylation sites (tertiary alicyclic amines) is 1. The van der Waals surface area contributed by atoms with Crippen LogP contribution in [0.2, 0.25) is 0 Å². The van der Waals surface area contributed by atoms with Gasteiger partial charge in [0.05, 0.1) is 0 Å². The van der Waals surface area contributed by atoms with Gasteiger partial charge in [-0.1, -0.05) is 0 Å². The number of carbonyl (C=O) groups is 1. The normalized spacial score (nSPS) is 40.0. The monoisotopic (exact) mass is 181 g/mol. The van der Waals surface area contributed by atoms with Crippen molar-refractivity contribution in [3.63, 3.8) is 0 Å². The van der Waals surface area contributed by atoms with Gasteiger partial charge < -0.3 is 5.11 Å². The van der Waals surface area contributed by atoms with Crippen LogP contribution in [0.25, 0.3) is 0 Å². The molecule has 3 unspecified atom stereocenters. The minimum Gasteiger partial charge on any atom is -0.480 e. The van der Waals surface area contributed by atoms with Crippen LogP contribution in [0.15, 0.2) is 0 Å². The molecule has 3 fully saturated rings. The number of carboxylic acids is 1. The molecule has 13 heavy (non-hydrogen) atoms. The van der Waals surface area contributed by atoms with E-state index in [2.05, 4.69) is 4.90 Å². The first kappa shape index (κ1) is 7.80. The zero-order chi connectivity index (χ0) is 9.00. The Bertz CT molecular complexity index is 239. The molecule has 1 saturated heterocycles. The highest BCUT2D eigenvalue weighted by Crippen LogP contribution is 2.48.